The number of halogens is 1. The van der Waals surface area contributed by atoms with E-state index in [1.807, 2.05) is 20.8 Å². The maximum absolute atomic E-state index is 12.0. The molecule has 0 aliphatic rings. The Labute approximate surface area is 110 Å². The number of amides is 1. The fourth-order valence-electron chi connectivity index (χ4n) is 1.35. The van der Waals surface area contributed by atoms with E-state index in [9.17, 15) is 14.9 Å². The van der Waals surface area contributed by atoms with Gasteiger partial charge in [0, 0.05) is 5.54 Å². The molecule has 1 rings (SSSR count). The zero-order chi connectivity index (χ0) is 13.9. The van der Waals surface area contributed by atoms with E-state index < -0.39 is 16.4 Å². The van der Waals surface area contributed by atoms with E-state index in [-0.39, 0.29) is 16.3 Å². The van der Waals surface area contributed by atoms with Crippen LogP contribution in [-0.2, 0) is 0 Å². The van der Waals surface area contributed by atoms with Crippen LogP contribution in [0.5, 0.6) is 0 Å². The van der Waals surface area contributed by atoms with Crippen LogP contribution in [0.15, 0.2) is 18.2 Å². The third-order valence-corrected chi connectivity index (χ3v) is 3.05. The van der Waals surface area contributed by atoms with Gasteiger partial charge in [-0.1, -0.05) is 24.6 Å². The highest BCUT2D eigenvalue weighted by Gasteiger charge is 2.26. The normalized spacial score (nSPS) is 11.1. The summed E-state index contributed by atoms with van der Waals surface area (Å²) in [4.78, 5) is 22.3. The number of nitrogens with zero attached hydrogens (tertiary/aromatic N) is 1. The first kappa shape index (κ1) is 14.4. The summed E-state index contributed by atoms with van der Waals surface area (Å²) >= 11 is 5.75. The molecule has 98 valence electrons. The Bertz CT molecular complexity index is 486. The minimum Gasteiger partial charge on any atom is -0.347 e. The lowest BCUT2D eigenvalue weighted by atomic mass is 10.0. The SMILES string of the molecule is CCC(C)(C)NC(=O)c1cccc(Cl)c1[N+](=O)[O-]. The fourth-order valence-corrected chi connectivity index (χ4v) is 1.59. The van der Waals surface area contributed by atoms with Crippen molar-refractivity contribution in [2.45, 2.75) is 32.7 Å². The van der Waals surface area contributed by atoms with Crippen molar-refractivity contribution in [1.29, 1.82) is 0 Å². The molecule has 1 N–H and O–H groups in total. The summed E-state index contributed by atoms with van der Waals surface area (Å²) in [7, 11) is 0. The second kappa shape index (κ2) is 5.35. The summed E-state index contributed by atoms with van der Waals surface area (Å²) in [6.45, 7) is 5.62. The van der Waals surface area contributed by atoms with E-state index in [1.54, 1.807) is 0 Å². The van der Waals surface area contributed by atoms with Crippen LogP contribution in [0.3, 0.4) is 0 Å². The number of para-hydroxylation sites is 1. The Kier molecular flexibility index (Phi) is 4.29. The number of carbonyl (C=O) groups excluding carboxylic acids is 1. The maximum Gasteiger partial charge on any atom is 0.300 e. The van der Waals surface area contributed by atoms with E-state index >= 15 is 0 Å². The molecule has 0 saturated carbocycles. The first-order valence-electron chi connectivity index (χ1n) is 5.54. The summed E-state index contributed by atoms with van der Waals surface area (Å²) in [6, 6.07) is 4.30. The molecule has 18 heavy (non-hydrogen) atoms. The van der Waals surface area contributed by atoms with Crippen molar-refractivity contribution in [3.05, 3.63) is 38.9 Å². The Morgan fingerprint density at radius 1 is 1.50 bits per heavy atom. The Balaban J connectivity index is 3.14. The number of benzene rings is 1. The first-order chi connectivity index (χ1) is 8.28. The molecule has 0 bridgehead atoms. The molecule has 0 saturated heterocycles. The molecule has 0 radical (unpaired) electrons. The Morgan fingerprint density at radius 2 is 2.11 bits per heavy atom. The predicted molar refractivity (Wildman–Crippen MR) is 69.9 cm³/mol. The molecule has 0 heterocycles. The number of carbonyl (C=O) groups is 1. The monoisotopic (exact) mass is 270 g/mol. The van der Waals surface area contributed by atoms with Gasteiger partial charge in [-0.05, 0) is 32.4 Å². The van der Waals surface area contributed by atoms with E-state index in [4.69, 9.17) is 11.6 Å². The highest BCUT2D eigenvalue weighted by Crippen LogP contribution is 2.28. The largest absolute Gasteiger partial charge is 0.347 e. The summed E-state index contributed by atoms with van der Waals surface area (Å²) < 4.78 is 0. The van der Waals surface area contributed by atoms with Crippen molar-refractivity contribution < 1.29 is 9.72 Å². The van der Waals surface area contributed by atoms with Gasteiger partial charge in [0.1, 0.15) is 10.6 Å². The molecule has 0 fully saturated rings. The lowest BCUT2D eigenvalue weighted by molar-refractivity contribution is -0.385. The molecule has 0 spiro atoms. The smallest absolute Gasteiger partial charge is 0.300 e. The van der Waals surface area contributed by atoms with Crippen molar-refractivity contribution in [3.8, 4) is 0 Å². The van der Waals surface area contributed by atoms with Crippen LogP contribution < -0.4 is 5.32 Å². The molecule has 5 nitrogen and oxygen atoms in total. The number of hydrogen-bond acceptors (Lipinski definition) is 3. The third kappa shape index (κ3) is 3.20. The molecule has 0 aliphatic heterocycles. The molecule has 0 atom stereocenters. The Hall–Kier alpha value is -1.62. The van der Waals surface area contributed by atoms with Gasteiger partial charge in [0.2, 0.25) is 0 Å². The summed E-state index contributed by atoms with van der Waals surface area (Å²) in [5.74, 6) is -0.490. The summed E-state index contributed by atoms with van der Waals surface area (Å²) in [5.41, 5.74) is -0.801. The van der Waals surface area contributed by atoms with Crippen LogP contribution in [0.2, 0.25) is 5.02 Å². The van der Waals surface area contributed by atoms with Crippen LogP contribution in [0.4, 0.5) is 5.69 Å². The van der Waals surface area contributed by atoms with Crippen molar-refractivity contribution in [3.63, 3.8) is 0 Å². The summed E-state index contributed by atoms with van der Waals surface area (Å²) in [5, 5.41) is 13.6. The minimum atomic E-state index is -0.643. The van der Waals surface area contributed by atoms with Gasteiger partial charge in [-0.3, -0.25) is 14.9 Å². The van der Waals surface area contributed by atoms with Gasteiger partial charge in [-0.2, -0.15) is 0 Å². The lowest BCUT2D eigenvalue weighted by Gasteiger charge is -2.24. The summed E-state index contributed by atoms with van der Waals surface area (Å²) in [6.07, 6.45) is 0.715. The highest BCUT2D eigenvalue weighted by atomic mass is 35.5. The molecule has 6 heteroatoms. The van der Waals surface area contributed by atoms with Gasteiger partial charge in [-0.25, -0.2) is 0 Å². The van der Waals surface area contributed by atoms with Crippen LogP contribution in [-0.4, -0.2) is 16.4 Å². The molecule has 1 aromatic rings. The molecule has 0 aromatic heterocycles. The topological polar surface area (TPSA) is 72.2 Å². The average Bonchev–Trinajstić information content (AvgIpc) is 2.27. The zero-order valence-corrected chi connectivity index (χ0v) is 11.2. The number of nitrogens with one attached hydrogen (secondary N) is 1. The Morgan fingerprint density at radius 3 is 2.61 bits per heavy atom. The average molecular weight is 271 g/mol. The van der Waals surface area contributed by atoms with Gasteiger partial charge in [0.15, 0.2) is 0 Å². The third-order valence-electron chi connectivity index (χ3n) is 2.75. The van der Waals surface area contributed by atoms with Crippen LogP contribution in [0, 0.1) is 10.1 Å². The van der Waals surface area contributed by atoms with Crippen molar-refractivity contribution in [2.75, 3.05) is 0 Å². The number of hydrogen-bond donors (Lipinski definition) is 1. The lowest BCUT2D eigenvalue weighted by Crippen LogP contribution is -2.42. The number of rotatable bonds is 4. The van der Waals surface area contributed by atoms with Gasteiger partial charge in [-0.15, -0.1) is 0 Å². The van der Waals surface area contributed by atoms with Crippen LogP contribution in [0.1, 0.15) is 37.6 Å². The molecule has 0 aliphatic carbocycles. The van der Waals surface area contributed by atoms with Gasteiger partial charge in [0.25, 0.3) is 5.91 Å². The quantitative estimate of drug-likeness (QED) is 0.675. The van der Waals surface area contributed by atoms with E-state index in [1.165, 1.54) is 18.2 Å². The van der Waals surface area contributed by atoms with Gasteiger partial charge in [0.05, 0.1) is 4.92 Å². The fraction of sp³-hybridized carbons (Fsp3) is 0.417. The second-order valence-electron chi connectivity index (χ2n) is 4.58. The minimum absolute atomic E-state index is 0.0194. The molecule has 1 amide bonds. The second-order valence-corrected chi connectivity index (χ2v) is 4.99. The molecule has 1 aromatic carbocycles. The van der Waals surface area contributed by atoms with Crippen molar-refractivity contribution in [2.24, 2.45) is 0 Å². The number of nitro benzene ring substituents is 1. The molecule has 0 unspecified atom stereocenters. The zero-order valence-electron chi connectivity index (χ0n) is 10.5. The first-order valence-corrected chi connectivity index (χ1v) is 5.91. The molecular weight excluding hydrogens is 256 g/mol. The standard InChI is InChI=1S/C12H15ClN2O3/c1-4-12(2,3)14-11(16)8-6-5-7-9(13)10(8)15(17)18/h5-7H,4H2,1-3H3,(H,14,16). The maximum atomic E-state index is 12.0. The van der Waals surface area contributed by atoms with Crippen LogP contribution in [0.25, 0.3) is 0 Å². The van der Waals surface area contributed by atoms with E-state index in [0.29, 0.717) is 6.42 Å². The van der Waals surface area contributed by atoms with Gasteiger partial charge >= 0.3 is 5.69 Å². The van der Waals surface area contributed by atoms with E-state index in [0.717, 1.165) is 0 Å². The van der Waals surface area contributed by atoms with Crippen LogP contribution >= 0.6 is 11.6 Å². The predicted octanol–water partition coefficient (Wildman–Crippen LogP) is 3.17. The molecular formula is C12H15ClN2O3. The number of nitro groups is 1. The van der Waals surface area contributed by atoms with Crippen molar-refractivity contribution in [1.82, 2.24) is 5.32 Å². The highest BCUT2D eigenvalue weighted by molar-refractivity contribution is 6.33. The van der Waals surface area contributed by atoms with E-state index in [2.05, 4.69) is 5.32 Å². The van der Waals surface area contributed by atoms with Gasteiger partial charge < -0.3 is 5.32 Å². The van der Waals surface area contributed by atoms with Crippen molar-refractivity contribution >= 4 is 23.2 Å².